The van der Waals surface area contributed by atoms with E-state index in [4.69, 9.17) is 0 Å². The van der Waals surface area contributed by atoms with Crippen molar-refractivity contribution in [1.29, 1.82) is 0 Å². The lowest BCUT2D eigenvalue weighted by Crippen LogP contribution is -2.51. The van der Waals surface area contributed by atoms with Gasteiger partial charge in [0.1, 0.15) is 6.04 Å². The largest absolute Gasteiger partial charge is 0.344 e. The molecule has 0 bridgehead atoms. The molecule has 5 heteroatoms. The summed E-state index contributed by atoms with van der Waals surface area (Å²) in [7, 11) is 0. The van der Waals surface area contributed by atoms with Crippen LogP contribution in [0.25, 0.3) is 0 Å². The van der Waals surface area contributed by atoms with Crippen LogP contribution in [0.4, 0.5) is 0 Å². The van der Waals surface area contributed by atoms with Gasteiger partial charge in [-0.1, -0.05) is 27.2 Å². The fourth-order valence-corrected chi connectivity index (χ4v) is 3.69. The molecule has 116 valence electrons. The summed E-state index contributed by atoms with van der Waals surface area (Å²) in [5, 5.41) is 3.35. The molecule has 1 fully saturated rings. The molecule has 0 aliphatic carbocycles. The number of carbonyl (C=O) groups excluding carboxylic acids is 2. The standard InChI is InChI=1S/C15H28N2O2S/c1-5-20-13-8-6-7-9-17(10-13)15(19)14(11(2)3)16-12(4)18/h11,13-14H,5-10H2,1-4H3,(H,16,18)/t13-,14-/m0/s1. The third-order valence-corrected chi connectivity index (χ3v) is 4.82. The van der Waals surface area contributed by atoms with E-state index in [9.17, 15) is 9.59 Å². The summed E-state index contributed by atoms with van der Waals surface area (Å²) in [5.74, 6) is 1.16. The lowest BCUT2D eigenvalue weighted by atomic mass is 10.0. The maximum Gasteiger partial charge on any atom is 0.245 e. The maximum absolute atomic E-state index is 12.7. The zero-order valence-electron chi connectivity index (χ0n) is 13.1. The Kier molecular flexibility index (Phi) is 7.41. The Labute approximate surface area is 127 Å². The minimum Gasteiger partial charge on any atom is -0.344 e. The second-order valence-corrected chi connectivity index (χ2v) is 7.36. The highest BCUT2D eigenvalue weighted by Crippen LogP contribution is 2.23. The number of likely N-dealkylation sites (tertiary alicyclic amines) is 1. The molecule has 0 spiro atoms. The zero-order valence-corrected chi connectivity index (χ0v) is 14.0. The molecule has 1 aliphatic rings. The lowest BCUT2D eigenvalue weighted by Gasteiger charge is -2.30. The van der Waals surface area contributed by atoms with Crippen molar-refractivity contribution >= 4 is 23.6 Å². The number of hydrogen-bond acceptors (Lipinski definition) is 3. The molecule has 1 N–H and O–H groups in total. The van der Waals surface area contributed by atoms with Gasteiger partial charge in [-0.05, 0) is 24.5 Å². The van der Waals surface area contributed by atoms with Gasteiger partial charge in [0.15, 0.2) is 0 Å². The number of carbonyl (C=O) groups is 2. The molecule has 0 aromatic rings. The minimum absolute atomic E-state index is 0.0822. The molecule has 1 saturated heterocycles. The van der Waals surface area contributed by atoms with Gasteiger partial charge in [-0.3, -0.25) is 9.59 Å². The van der Waals surface area contributed by atoms with Crippen LogP contribution in [-0.2, 0) is 9.59 Å². The summed E-state index contributed by atoms with van der Waals surface area (Å²) in [4.78, 5) is 25.9. The average Bonchev–Trinajstić information content (AvgIpc) is 2.61. The SMILES string of the molecule is CCS[C@H]1CCCCN(C(=O)[C@@H](NC(C)=O)C(C)C)C1. The Balaban J connectivity index is 2.72. The van der Waals surface area contributed by atoms with Crippen molar-refractivity contribution in [2.24, 2.45) is 5.92 Å². The van der Waals surface area contributed by atoms with Gasteiger partial charge in [0.25, 0.3) is 0 Å². The first-order valence-electron chi connectivity index (χ1n) is 7.63. The molecule has 20 heavy (non-hydrogen) atoms. The van der Waals surface area contributed by atoms with E-state index in [0.717, 1.165) is 25.3 Å². The highest BCUT2D eigenvalue weighted by atomic mass is 32.2. The van der Waals surface area contributed by atoms with E-state index in [2.05, 4.69) is 12.2 Å². The van der Waals surface area contributed by atoms with Crippen LogP contribution in [0.1, 0.15) is 47.0 Å². The highest BCUT2D eigenvalue weighted by molar-refractivity contribution is 7.99. The van der Waals surface area contributed by atoms with E-state index in [1.165, 1.54) is 19.8 Å². The highest BCUT2D eigenvalue weighted by Gasteiger charge is 2.30. The molecule has 0 unspecified atom stereocenters. The first-order chi connectivity index (χ1) is 9.45. The molecule has 1 aliphatic heterocycles. The average molecular weight is 300 g/mol. The monoisotopic (exact) mass is 300 g/mol. The quantitative estimate of drug-likeness (QED) is 0.847. The summed E-state index contributed by atoms with van der Waals surface area (Å²) in [6.07, 6.45) is 3.44. The number of nitrogens with one attached hydrogen (secondary N) is 1. The Hall–Kier alpha value is -0.710. The van der Waals surface area contributed by atoms with Gasteiger partial charge >= 0.3 is 0 Å². The van der Waals surface area contributed by atoms with Crippen LogP contribution in [0.5, 0.6) is 0 Å². The summed E-state index contributed by atoms with van der Waals surface area (Å²) in [6, 6.07) is -0.391. The maximum atomic E-state index is 12.7. The first-order valence-corrected chi connectivity index (χ1v) is 8.68. The lowest BCUT2D eigenvalue weighted by molar-refractivity contribution is -0.137. The van der Waals surface area contributed by atoms with Crippen LogP contribution < -0.4 is 5.32 Å². The normalized spacial score (nSPS) is 21.4. The second-order valence-electron chi connectivity index (χ2n) is 5.78. The van der Waals surface area contributed by atoms with Gasteiger partial charge in [-0.25, -0.2) is 0 Å². The fraction of sp³-hybridized carbons (Fsp3) is 0.867. The van der Waals surface area contributed by atoms with Crippen molar-refractivity contribution in [3.05, 3.63) is 0 Å². The van der Waals surface area contributed by atoms with E-state index in [1.807, 2.05) is 30.5 Å². The predicted molar refractivity (Wildman–Crippen MR) is 84.8 cm³/mol. The van der Waals surface area contributed by atoms with Crippen LogP contribution in [0.2, 0.25) is 0 Å². The van der Waals surface area contributed by atoms with E-state index in [0.29, 0.717) is 5.25 Å². The van der Waals surface area contributed by atoms with Gasteiger partial charge < -0.3 is 10.2 Å². The van der Waals surface area contributed by atoms with Crippen LogP contribution in [0.15, 0.2) is 0 Å². The number of hydrogen-bond donors (Lipinski definition) is 1. The van der Waals surface area contributed by atoms with Crippen molar-refractivity contribution < 1.29 is 9.59 Å². The van der Waals surface area contributed by atoms with Crippen molar-refractivity contribution in [2.45, 2.75) is 58.2 Å². The Bertz CT molecular complexity index is 334. The molecule has 2 atom stereocenters. The summed E-state index contributed by atoms with van der Waals surface area (Å²) < 4.78 is 0. The second kappa shape index (κ2) is 8.55. The van der Waals surface area contributed by atoms with E-state index in [-0.39, 0.29) is 17.7 Å². The molecule has 2 amide bonds. The van der Waals surface area contributed by atoms with E-state index in [1.54, 1.807) is 0 Å². The summed E-state index contributed by atoms with van der Waals surface area (Å²) in [6.45, 7) is 9.24. The Morgan fingerprint density at radius 1 is 1.35 bits per heavy atom. The molecule has 0 aromatic heterocycles. The Morgan fingerprint density at radius 3 is 2.60 bits per heavy atom. The van der Waals surface area contributed by atoms with Gasteiger partial charge in [0, 0.05) is 25.3 Å². The van der Waals surface area contributed by atoms with Crippen molar-refractivity contribution in [3.63, 3.8) is 0 Å². The van der Waals surface area contributed by atoms with Crippen molar-refractivity contribution in [2.75, 3.05) is 18.8 Å². The number of rotatable bonds is 5. The zero-order chi connectivity index (χ0) is 15.1. The minimum atomic E-state index is -0.391. The molecule has 0 radical (unpaired) electrons. The summed E-state index contributed by atoms with van der Waals surface area (Å²) >= 11 is 1.94. The fourth-order valence-electron chi connectivity index (χ4n) is 2.60. The van der Waals surface area contributed by atoms with Gasteiger partial charge in [-0.15, -0.1) is 0 Å². The van der Waals surface area contributed by atoms with E-state index < -0.39 is 6.04 Å². The number of nitrogens with zero attached hydrogens (tertiary/aromatic N) is 1. The predicted octanol–water partition coefficient (Wildman–Crippen LogP) is 2.28. The third kappa shape index (κ3) is 5.35. The Morgan fingerprint density at radius 2 is 2.05 bits per heavy atom. The van der Waals surface area contributed by atoms with E-state index >= 15 is 0 Å². The number of thioether (sulfide) groups is 1. The van der Waals surface area contributed by atoms with Gasteiger partial charge in [-0.2, -0.15) is 11.8 Å². The molecule has 0 saturated carbocycles. The van der Waals surface area contributed by atoms with Gasteiger partial charge in [0.2, 0.25) is 11.8 Å². The van der Waals surface area contributed by atoms with Crippen LogP contribution >= 0.6 is 11.8 Å². The van der Waals surface area contributed by atoms with Crippen LogP contribution in [-0.4, -0.2) is 46.8 Å². The van der Waals surface area contributed by atoms with Crippen LogP contribution in [0, 0.1) is 5.92 Å². The van der Waals surface area contributed by atoms with Crippen molar-refractivity contribution in [1.82, 2.24) is 10.2 Å². The van der Waals surface area contributed by atoms with Gasteiger partial charge in [0.05, 0.1) is 0 Å². The topological polar surface area (TPSA) is 49.4 Å². The molecular weight excluding hydrogens is 272 g/mol. The molecule has 0 aromatic carbocycles. The molecular formula is C15H28N2O2S. The smallest absolute Gasteiger partial charge is 0.245 e. The third-order valence-electron chi connectivity index (χ3n) is 3.63. The summed E-state index contributed by atoms with van der Waals surface area (Å²) in [5.41, 5.74) is 0. The number of amides is 2. The molecule has 1 rings (SSSR count). The molecule has 1 heterocycles. The van der Waals surface area contributed by atoms with Crippen molar-refractivity contribution in [3.8, 4) is 0 Å². The first kappa shape index (κ1) is 17.3. The molecule has 4 nitrogen and oxygen atoms in total. The van der Waals surface area contributed by atoms with Crippen LogP contribution in [0.3, 0.4) is 0 Å².